The van der Waals surface area contributed by atoms with E-state index in [9.17, 15) is 14.9 Å². The lowest BCUT2D eigenvalue weighted by molar-refractivity contribution is -0.384. The number of benzene rings is 1. The average molecular weight is 376 g/mol. The Labute approximate surface area is 123 Å². The van der Waals surface area contributed by atoms with E-state index in [0.717, 1.165) is 3.57 Å². The minimum Gasteiger partial charge on any atom is -0.481 e. The molecule has 2 atom stereocenters. The Morgan fingerprint density at radius 1 is 1.53 bits per heavy atom. The molecule has 2 rings (SSSR count). The fourth-order valence-electron chi connectivity index (χ4n) is 2.40. The first-order valence-electron chi connectivity index (χ1n) is 5.82. The predicted octanol–water partition coefficient (Wildman–Crippen LogP) is 2.36. The molecule has 2 unspecified atom stereocenters. The van der Waals surface area contributed by atoms with Gasteiger partial charge in [-0.1, -0.05) is 6.92 Å². The summed E-state index contributed by atoms with van der Waals surface area (Å²) in [4.78, 5) is 23.6. The van der Waals surface area contributed by atoms with Gasteiger partial charge in [-0.3, -0.25) is 14.9 Å². The normalized spacial score (nSPS) is 22.5. The number of nitro groups is 1. The molecule has 1 aromatic carbocycles. The van der Waals surface area contributed by atoms with Crippen molar-refractivity contribution in [3.63, 3.8) is 0 Å². The van der Waals surface area contributed by atoms with E-state index >= 15 is 0 Å². The van der Waals surface area contributed by atoms with Crippen LogP contribution in [0.15, 0.2) is 18.2 Å². The van der Waals surface area contributed by atoms with Gasteiger partial charge in [-0.15, -0.1) is 0 Å². The van der Waals surface area contributed by atoms with Gasteiger partial charge >= 0.3 is 5.97 Å². The molecule has 0 amide bonds. The molecule has 0 aromatic heterocycles. The number of hydrogen-bond donors (Lipinski definition) is 1. The Bertz CT molecular complexity index is 534. The van der Waals surface area contributed by atoms with Crippen LogP contribution in [0.3, 0.4) is 0 Å². The number of anilines is 1. The lowest BCUT2D eigenvalue weighted by Gasteiger charge is -2.18. The number of carboxylic acids is 1. The Morgan fingerprint density at radius 3 is 2.74 bits per heavy atom. The first-order valence-corrected chi connectivity index (χ1v) is 6.89. The van der Waals surface area contributed by atoms with E-state index < -0.39 is 16.8 Å². The number of rotatable bonds is 3. The third kappa shape index (κ3) is 2.80. The number of carbonyl (C=O) groups is 1. The number of halogens is 1. The van der Waals surface area contributed by atoms with E-state index in [2.05, 4.69) is 0 Å². The molecule has 1 aliphatic heterocycles. The van der Waals surface area contributed by atoms with Gasteiger partial charge in [0.25, 0.3) is 5.69 Å². The second-order valence-corrected chi connectivity index (χ2v) is 5.96. The summed E-state index contributed by atoms with van der Waals surface area (Å²) < 4.78 is 0.787. The molecule has 0 radical (unpaired) electrons. The summed E-state index contributed by atoms with van der Waals surface area (Å²) in [6.07, 6.45) is 0. The highest BCUT2D eigenvalue weighted by molar-refractivity contribution is 14.1. The van der Waals surface area contributed by atoms with Crippen LogP contribution in [0.5, 0.6) is 0 Å². The zero-order valence-electron chi connectivity index (χ0n) is 10.2. The third-order valence-corrected chi connectivity index (χ3v) is 4.08. The third-order valence-electron chi connectivity index (χ3n) is 3.40. The smallest absolute Gasteiger partial charge is 0.308 e. The van der Waals surface area contributed by atoms with Gasteiger partial charge in [-0.25, -0.2) is 0 Å². The summed E-state index contributed by atoms with van der Waals surface area (Å²) in [5.74, 6) is -1.33. The van der Waals surface area contributed by atoms with Gasteiger partial charge in [-0.05, 0) is 40.6 Å². The number of aliphatic carboxylic acids is 1. The first kappa shape index (κ1) is 14.0. The molecule has 6 nitrogen and oxygen atoms in total. The number of nitrogens with zero attached hydrogens (tertiary/aromatic N) is 2. The van der Waals surface area contributed by atoms with Crippen LogP contribution in [0.4, 0.5) is 11.4 Å². The quantitative estimate of drug-likeness (QED) is 0.498. The van der Waals surface area contributed by atoms with Crippen LogP contribution in [0.1, 0.15) is 6.92 Å². The molecule has 0 saturated carbocycles. The Kier molecular flexibility index (Phi) is 3.93. The molecule has 1 aliphatic rings. The Hall–Kier alpha value is -1.38. The van der Waals surface area contributed by atoms with Gasteiger partial charge in [0.15, 0.2) is 0 Å². The highest BCUT2D eigenvalue weighted by Gasteiger charge is 2.36. The molecule has 1 N–H and O–H groups in total. The van der Waals surface area contributed by atoms with Gasteiger partial charge in [0.1, 0.15) is 5.69 Å². The summed E-state index contributed by atoms with van der Waals surface area (Å²) in [6.45, 7) is 2.70. The molecule has 7 heteroatoms. The standard InChI is InChI=1S/C12H13IN2O4/c1-7-5-14(6-9(7)12(16)17)10-3-2-8(13)4-11(10)15(18)19/h2-4,7,9H,5-6H2,1H3,(H,16,17). The van der Waals surface area contributed by atoms with Gasteiger partial charge < -0.3 is 10.0 Å². The molecule has 0 bridgehead atoms. The summed E-state index contributed by atoms with van der Waals surface area (Å²) in [5, 5.41) is 20.2. The van der Waals surface area contributed by atoms with E-state index in [1.807, 2.05) is 29.5 Å². The number of carboxylic acid groups (broad SMARTS) is 1. The molecule has 0 spiro atoms. The molecular weight excluding hydrogens is 363 g/mol. The largest absolute Gasteiger partial charge is 0.481 e. The van der Waals surface area contributed by atoms with Crippen molar-refractivity contribution >= 4 is 39.9 Å². The van der Waals surface area contributed by atoms with Crippen molar-refractivity contribution in [3.8, 4) is 0 Å². The minimum absolute atomic E-state index is 0.0172. The SMILES string of the molecule is CC1CN(c2ccc(I)cc2[N+](=O)[O-])CC1C(=O)O. The minimum atomic E-state index is -0.844. The second-order valence-electron chi connectivity index (χ2n) is 4.72. The van der Waals surface area contributed by atoms with Crippen molar-refractivity contribution < 1.29 is 14.8 Å². The van der Waals surface area contributed by atoms with Crippen molar-refractivity contribution in [1.29, 1.82) is 0 Å². The zero-order chi connectivity index (χ0) is 14.2. The van der Waals surface area contributed by atoms with E-state index in [1.54, 1.807) is 17.0 Å². The van der Waals surface area contributed by atoms with Crippen molar-refractivity contribution in [3.05, 3.63) is 31.9 Å². The van der Waals surface area contributed by atoms with Crippen molar-refractivity contribution in [2.45, 2.75) is 6.92 Å². The van der Waals surface area contributed by atoms with Gasteiger partial charge in [0.2, 0.25) is 0 Å². The van der Waals surface area contributed by atoms with Crippen LogP contribution >= 0.6 is 22.6 Å². The zero-order valence-corrected chi connectivity index (χ0v) is 12.4. The van der Waals surface area contributed by atoms with Crippen molar-refractivity contribution in [2.24, 2.45) is 11.8 Å². The monoisotopic (exact) mass is 376 g/mol. The molecule has 102 valence electrons. The number of hydrogen-bond acceptors (Lipinski definition) is 4. The number of nitro benzene ring substituents is 1. The van der Waals surface area contributed by atoms with Gasteiger partial charge in [-0.2, -0.15) is 0 Å². The van der Waals surface area contributed by atoms with Gasteiger partial charge in [0.05, 0.1) is 10.8 Å². The molecule has 1 saturated heterocycles. The van der Waals surface area contributed by atoms with Crippen molar-refractivity contribution in [1.82, 2.24) is 0 Å². The van der Waals surface area contributed by atoms with Crippen LogP contribution in [-0.2, 0) is 4.79 Å². The second kappa shape index (κ2) is 5.32. The molecule has 1 aromatic rings. The Morgan fingerprint density at radius 2 is 2.21 bits per heavy atom. The summed E-state index contributed by atoms with van der Waals surface area (Å²) in [5.41, 5.74) is 0.533. The van der Waals surface area contributed by atoms with Crippen LogP contribution in [0.2, 0.25) is 0 Å². The molecule has 0 aliphatic carbocycles. The van der Waals surface area contributed by atoms with Crippen molar-refractivity contribution in [2.75, 3.05) is 18.0 Å². The highest BCUT2D eigenvalue weighted by atomic mass is 127. The Balaban J connectivity index is 2.33. The van der Waals surface area contributed by atoms with E-state index in [4.69, 9.17) is 5.11 Å². The average Bonchev–Trinajstić information content (AvgIpc) is 2.71. The highest BCUT2D eigenvalue weighted by Crippen LogP contribution is 2.35. The summed E-state index contributed by atoms with van der Waals surface area (Å²) >= 11 is 2.02. The van der Waals surface area contributed by atoms with Crippen LogP contribution < -0.4 is 4.90 Å². The van der Waals surface area contributed by atoms with E-state index in [0.29, 0.717) is 18.8 Å². The maximum Gasteiger partial charge on any atom is 0.308 e. The lowest BCUT2D eigenvalue weighted by Crippen LogP contribution is -2.23. The molecular formula is C12H13IN2O4. The van der Waals surface area contributed by atoms with E-state index in [1.165, 1.54) is 6.07 Å². The molecule has 1 fully saturated rings. The van der Waals surface area contributed by atoms with Crippen LogP contribution in [-0.4, -0.2) is 29.1 Å². The lowest BCUT2D eigenvalue weighted by atomic mass is 9.99. The predicted molar refractivity (Wildman–Crippen MR) is 78.3 cm³/mol. The maximum absolute atomic E-state index is 11.1. The summed E-state index contributed by atoms with van der Waals surface area (Å²) in [6, 6.07) is 4.99. The van der Waals surface area contributed by atoms with E-state index in [-0.39, 0.29) is 11.6 Å². The van der Waals surface area contributed by atoms with Crippen LogP contribution in [0.25, 0.3) is 0 Å². The fraction of sp³-hybridized carbons (Fsp3) is 0.417. The van der Waals surface area contributed by atoms with Gasteiger partial charge in [0, 0.05) is 22.7 Å². The van der Waals surface area contributed by atoms with Crippen LogP contribution in [0, 0.1) is 25.5 Å². The topological polar surface area (TPSA) is 83.7 Å². The fourth-order valence-corrected chi connectivity index (χ4v) is 2.87. The molecule has 1 heterocycles. The maximum atomic E-state index is 11.1. The first-order chi connectivity index (χ1) is 8.90. The molecule has 19 heavy (non-hydrogen) atoms. The summed E-state index contributed by atoms with van der Waals surface area (Å²) in [7, 11) is 0.